The summed E-state index contributed by atoms with van der Waals surface area (Å²) < 4.78 is 2.27. The minimum absolute atomic E-state index is 0.640. The van der Waals surface area contributed by atoms with Crippen molar-refractivity contribution < 1.29 is 0 Å². The average molecular weight is 229 g/mol. The Morgan fingerprint density at radius 3 is 2.82 bits per heavy atom. The van der Waals surface area contributed by atoms with Crippen LogP contribution in [-0.4, -0.2) is 16.4 Å². The number of hydrogen-bond donors (Lipinski definition) is 1. The van der Waals surface area contributed by atoms with Gasteiger partial charge in [0.05, 0.1) is 11.7 Å². The summed E-state index contributed by atoms with van der Waals surface area (Å²) in [6.07, 6.45) is 8.65. The van der Waals surface area contributed by atoms with Gasteiger partial charge in [-0.3, -0.25) is 4.40 Å². The molecule has 0 spiro atoms. The van der Waals surface area contributed by atoms with E-state index in [9.17, 15) is 0 Å². The Kier molecular flexibility index (Phi) is 2.75. The highest BCUT2D eigenvalue weighted by Crippen LogP contribution is 2.33. The summed E-state index contributed by atoms with van der Waals surface area (Å²) in [5.74, 6) is 3.02. The molecule has 0 amide bonds. The maximum absolute atomic E-state index is 4.65. The van der Waals surface area contributed by atoms with Crippen molar-refractivity contribution in [3.63, 3.8) is 0 Å². The smallest absolute Gasteiger partial charge is 0.117 e. The van der Waals surface area contributed by atoms with E-state index >= 15 is 0 Å². The second-order valence-corrected chi connectivity index (χ2v) is 4.87. The first-order chi connectivity index (χ1) is 8.40. The largest absolute Gasteiger partial charge is 0.374 e. The van der Waals surface area contributed by atoms with Gasteiger partial charge in [-0.25, -0.2) is 4.98 Å². The summed E-state index contributed by atoms with van der Waals surface area (Å²) in [6.45, 7) is 0. The van der Waals surface area contributed by atoms with Crippen molar-refractivity contribution in [3.05, 3.63) is 30.2 Å². The molecule has 3 rings (SSSR count). The van der Waals surface area contributed by atoms with Crippen molar-refractivity contribution in [2.24, 2.45) is 0 Å². The summed E-state index contributed by atoms with van der Waals surface area (Å²) in [6, 6.07) is 6.31. The van der Waals surface area contributed by atoms with Crippen molar-refractivity contribution in [1.82, 2.24) is 9.38 Å². The van der Waals surface area contributed by atoms with Crippen LogP contribution in [0, 0.1) is 0 Å². The molecule has 17 heavy (non-hydrogen) atoms. The molecule has 0 radical (unpaired) electrons. The van der Waals surface area contributed by atoms with Crippen molar-refractivity contribution in [2.45, 2.75) is 38.0 Å². The van der Waals surface area contributed by atoms with E-state index in [2.05, 4.69) is 32.9 Å². The highest BCUT2D eigenvalue weighted by molar-refractivity contribution is 5.55. The first-order valence-corrected chi connectivity index (χ1v) is 6.54. The lowest BCUT2D eigenvalue weighted by atomic mass is 9.89. The minimum Gasteiger partial charge on any atom is -0.374 e. The Morgan fingerprint density at radius 1 is 1.24 bits per heavy atom. The van der Waals surface area contributed by atoms with E-state index in [1.165, 1.54) is 43.4 Å². The van der Waals surface area contributed by atoms with Crippen LogP contribution in [0.5, 0.6) is 0 Å². The molecule has 0 aromatic carbocycles. The highest BCUT2D eigenvalue weighted by atomic mass is 15.1. The predicted molar refractivity (Wildman–Crippen MR) is 70.6 cm³/mol. The van der Waals surface area contributed by atoms with Gasteiger partial charge in [-0.2, -0.15) is 0 Å². The third-order valence-corrected chi connectivity index (χ3v) is 3.80. The number of rotatable bonds is 2. The molecule has 2 aromatic heterocycles. The number of fused-ring (bicyclic) bond motifs is 1. The van der Waals surface area contributed by atoms with E-state index in [1.807, 2.05) is 13.2 Å². The molecule has 2 aromatic rings. The summed E-state index contributed by atoms with van der Waals surface area (Å²) >= 11 is 0. The number of pyridine rings is 1. The van der Waals surface area contributed by atoms with Gasteiger partial charge in [-0.05, 0) is 25.0 Å². The second kappa shape index (κ2) is 4.40. The Labute approximate surface area is 102 Å². The zero-order valence-electron chi connectivity index (χ0n) is 10.3. The molecule has 1 aliphatic carbocycles. The zero-order valence-corrected chi connectivity index (χ0v) is 10.3. The molecule has 3 heteroatoms. The van der Waals surface area contributed by atoms with Gasteiger partial charge in [0, 0.05) is 13.0 Å². The van der Waals surface area contributed by atoms with Crippen molar-refractivity contribution in [2.75, 3.05) is 12.4 Å². The van der Waals surface area contributed by atoms with Gasteiger partial charge < -0.3 is 5.32 Å². The number of nitrogens with one attached hydrogen (secondary N) is 1. The number of imidazole rings is 1. The first-order valence-electron chi connectivity index (χ1n) is 6.54. The third kappa shape index (κ3) is 1.79. The number of nitrogens with zero attached hydrogens (tertiary/aromatic N) is 2. The van der Waals surface area contributed by atoms with Gasteiger partial charge in [0.25, 0.3) is 0 Å². The molecule has 1 fully saturated rings. The molecule has 0 bridgehead atoms. The standard InChI is InChI=1S/C14H19N3/c1-15-13-9-5-8-12-10-16-14(17(12)13)11-6-3-2-4-7-11/h5,8-11,15H,2-4,6-7H2,1H3. The molecule has 2 heterocycles. The van der Waals surface area contributed by atoms with Crippen LogP contribution in [-0.2, 0) is 0 Å². The molecule has 3 nitrogen and oxygen atoms in total. The fraction of sp³-hybridized carbons (Fsp3) is 0.500. The first kappa shape index (κ1) is 10.6. The highest BCUT2D eigenvalue weighted by Gasteiger charge is 2.20. The van der Waals surface area contributed by atoms with Gasteiger partial charge in [0.1, 0.15) is 11.6 Å². The molecule has 90 valence electrons. The molecule has 0 unspecified atom stereocenters. The Balaban J connectivity index is 2.09. The van der Waals surface area contributed by atoms with E-state index < -0.39 is 0 Å². The topological polar surface area (TPSA) is 29.3 Å². The molecule has 0 atom stereocenters. The lowest BCUT2D eigenvalue weighted by Gasteiger charge is -2.21. The maximum atomic E-state index is 4.65. The van der Waals surface area contributed by atoms with Gasteiger partial charge in [-0.15, -0.1) is 0 Å². The predicted octanol–water partition coefficient (Wildman–Crippen LogP) is 3.42. The van der Waals surface area contributed by atoms with E-state index in [0.29, 0.717) is 5.92 Å². The van der Waals surface area contributed by atoms with Crippen LogP contribution in [0.25, 0.3) is 5.52 Å². The van der Waals surface area contributed by atoms with Crippen molar-refractivity contribution in [1.29, 1.82) is 0 Å². The fourth-order valence-electron chi connectivity index (χ4n) is 2.92. The molecule has 1 aliphatic rings. The van der Waals surface area contributed by atoms with E-state index in [4.69, 9.17) is 0 Å². The molecular weight excluding hydrogens is 210 g/mol. The third-order valence-electron chi connectivity index (χ3n) is 3.80. The van der Waals surface area contributed by atoms with Gasteiger partial charge in [0.2, 0.25) is 0 Å². The molecule has 0 saturated heterocycles. The van der Waals surface area contributed by atoms with Crippen LogP contribution in [0.2, 0.25) is 0 Å². The van der Waals surface area contributed by atoms with Gasteiger partial charge in [-0.1, -0.05) is 25.3 Å². The Bertz CT molecular complexity index is 509. The van der Waals surface area contributed by atoms with Crippen LogP contribution in [0.15, 0.2) is 24.4 Å². The molecule has 1 saturated carbocycles. The van der Waals surface area contributed by atoms with Gasteiger partial charge >= 0.3 is 0 Å². The Hall–Kier alpha value is -1.51. The van der Waals surface area contributed by atoms with Crippen LogP contribution in [0.1, 0.15) is 43.8 Å². The zero-order chi connectivity index (χ0) is 11.7. The number of anilines is 1. The molecular formula is C14H19N3. The summed E-state index contributed by atoms with van der Waals surface area (Å²) in [5.41, 5.74) is 1.19. The quantitative estimate of drug-likeness (QED) is 0.855. The van der Waals surface area contributed by atoms with Gasteiger partial charge in [0.15, 0.2) is 0 Å². The van der Waals surface area contributed by atoms with Crippen LogP contribution in [0.4, 0.5) is 5.82 Å². The summed E-state index contributed by atoms with van der Waals surface area (Å²) in [7, 11) is 1.97. The van der Waals surface area contributed by atoms with Crippen molar-refractivity contribution in [3.8, 4) is 0 Å². The molecule has 0 aliphatic heterocycles. The lowest BCUT2D eigenvalue weighted by molar-refractivity contribution is 0.428. The monoisotopic (exact) mass is 229 g/mol. The SMILES string of the molecule is CNc1cccc2cnc(C3CCCCC3)n12. The summed E-state index contributed by atoms with van der Waals surface area (Å²) in [4.78, 5) is 4.65. The number of aromatic nitrogens is 2. The maximum Gasteiger partial charge on any atom is 0.117 e. The van der Waals surface area contributed by atoms with E-state index in [-0.39, 0.29) is 0 Å². The number of hydrogen-bond acceptors (Lipinski definition) is 2. The second-order valence-electron chi connectivity index (χ2n) is 4.87. The Morgan fingerprint density at radius 2 is 2.06 bits per heavy atom. The summed E-state index contributed by atoms with van der Waals surface area (Å²) in [5, 5.41) is 3.26. The van der Waals surface area contributed by atoms with Crippen LogP contribution >= 0.6 is 0 Å². The lowest BCUT2D eigenvalue weighted by Crippen LogP contribution is -2.10. The van der Waals surface area contributed by atoms with Crippen molar-refractivity contribution >= 4 is 11.3 Å². The van der Waals surface area contributed by atoms with Crippen LogP contribution < -0.4 is 5.32 Å². The minimum atomic E-state index is 0.640. The molecule has 1 N–H and O–H groups in total. The average Bonchev–Trinajstić information content (AvgIpc) is 2.83. The van der Waals surface area contributed by atoms with E-state index in [0.717, 1.165) is 5.82 Å². The van der Waals surface area contributed by atoms with E-state index in [1.54, 1.807) is 0 Å². The fourth-order valence-corrected chi connectivity index (χ4v) is 2.92. The van der Waals surface area contributed by atoms with Crippen LogP contribution in [0.3, 0.4) is 0 Å². The normalized spacial score (nSPS) is 17.5.